The molecule has 2 amide bonds. The first kappa shape index (κ1) is 31.7. The van der Waals surface area contributed by atoms with Gasteiger partial charge < -0.3 is 25.3 Å². The van der Waals surface area contributed by atoms with Gasteiger partial charge in [0.15, 0.2) is 0 Å². The maximum absolute atomic E-state index is 15.0. The summed E-state index contributed by atoms with van der Waals surface area (Å²) in [5, 5.41) is 5.19. The number of aromatic amines is 1. The molecule has 0 atom stereocenters. The Morgan fingerprint density at radius 2 is 1.77 bits per heavy atom. The Hall–Kier alpha value is -4.19. The van der Waals surface area contributed by atoms with Crippen LogP contribution in [0.2, 0.25) is 0 Å². The van der Waals surface area contributed by atoms with Crippen LogP contribution in [0.1, 0.15) is 54.1 Å². The Morgan fingerprint density at radius 3 is 2.40 bits per heavy atom. The largest absolute Gasteiger partial charge is 0.493 e. The lowest BCUT2D eigenvalue weighted by Gasteiger charge is -2.33. The fourth-order valence-electron chi connectivity index (χ4n) is 5.19. The van der Waals surface area contributed by atoms with Crippen LogP contribution in [0, 0.1) is 5.82 Å². The van der Waals surface area contributed by atoms with E-state index in [-0.39, 0.29) is 40.8 Å². The van der Waals surface area contributed by atoms with Crippen molar-refractivity contribution in [2.75, 3.05) is 26.0 Å². The van der Waals surface area contributed by atoms with E-state index in [0.717, 1.165) is 25.0 Å². The third-order valence-electron chi connectivity index (χ3n) is 7.47. The van der Waals surface area contributed by atoms with Crippen molar-refractivity contribution in [3.63, 3.8) is 0 Å². The van der Waals surface area contributed by atoms with Gasteiger partial charge in [-0.05, 0) is 82.1 Å². The second-order valence-corrected chi connectivity index (χ2v) is 10.8. The number of carbonyl (C=O) groups excluding carboxylic acids is 2. The summed E-state index contributed by atoms with van der Waals surface area (Å²) in [6.45, 7) is 2.03. The maximum atomic E-state index is 15.0. The third kappa shape index (κ3) is 8.22. The van der Waals surface area contributed by atoms with Crippen LogP contribution < -0.4 is 20.9 Å². The average molecular weight is 603 g/mol. The van der Waals surface area contributed by atoms with Crippen LogP contribution in [0.25, 0.3) is 11.1 Å². The Bertz CT molecular complexity index is 1530. The minimum Gasteiger partial charge on any atom is -0.493 e. The molecular weight excluding hydrogens is 568 g/mol. The van der Waals surface area contributed by atoms with Crippen molar-refractivity contribution in [2.24, 2.45) is 0 Å². The molecule has 3 aromatic rings. The van der Waals surface area contributed by atoms with E-state index in [1.54, 1.807) is 13.0 Å². The van der Waals surface area contributed by atoms with Crippen molar-refractivity contribution < 1.29 is 31.9 Å². The van der Waals surface area contributed by atoms with Crippen molar-refractivity contribution in [1.29, 1.82) is 0 Å². The zero-order valence-corrected chi connectivity index (χ0v) is 24.1. The number of H-pyrrole nitrogens is 1. The molecule has 0 unspecified atom stereocenters. The van der Waals surface area contributed by atoms with E-state index >= 15 is 4.39 Å². The number of carbonyl (C=O) groups is 2. The predicted octanol–water partition coefficient (Wildman–Crippen LogP) is 5.38. The molecule has 0 spiro atoms. The molecule has 3 N–H and O–H groups in total. The van der Waals surface area contributed by atoms with Gasteiger partial charge in [-0.3, -0.25) is 14.4 Å². The number of halogens is 4. The fraction of sp³-hybridized carbons (Fsp3) is 0.387. The number of aromatic nitrogens is 1. The standard InChI is InChI=1S/C31H34F4N4O4/c1-4-43-27-16-28(40)36-17-25(27)18-5-6-19(26(32)13-18)14-29(41)37-23-12-20(11-21(15-23)31(33,34)35)30(42)38-22-7-9-24(10-8-22)39(2)3/h5-6,11-13,15-17,22,24H,4,7-10,14H2,1-3H3,(H,36,40)(H,37,41)(H,38,42)/t22-,24+. The molecule has 1 aromatic heterocycles. The van der Waals surface area contributed by atoms with Crippen LogP contribution in [-0.4, -0.2) is 54.5 Å². The highest BCUT2D eigenvalue weighted by Crippen LogP contribution is 2.33. The molecule has 1 heterocycles. The lowest BCUT2D eigenvalue weighted by molar-refractivity contribution is -0.137. The summed E-state index contributed by atoms with van der Waals surface area (Å²) in [6.07, 6.45) is -0.708. The van der Waals surface area contributed by atoms with Crippen LogP contribution in [-0.2, 0) is 17.4 Å². The molecule has 1 aliphatic rings. The molecule has 0 bridgehead atoms. The van der Waals surface area contributed by atoms with Crippen LogP contribution in [0.3, 0.4) is 0 Å². The van der Waals surface area contributed by atoms with Gasteiger partial charge in [0.25, 0.3) is 11.5 Å². The number of hydrogen-bond donors (Lipinski definition) is 3. The maximum Gasteiger partial charge on any atom is 0.416 e. The van der Waals surface area contributed by atoms with E-state index in [1.807, 2.05) is 14.1 Å². The van der Waals surface area contributed by atoms with Crippen LogP contribution >= 0.6 is 0 Å². The van der Waals surface area contributed by atoms with Crippen molar-refractivity contribution in [2.45, 2.75) is 57.3 Å². The molecule has 1 aliphatic carbocycles. The third-order valence-corrected chi connectivity index (χ3v) is 7.47. The SMILES string of the molecule is CCOc1cc(=O)[nH]cc1-c1ccc(CC(=O)Nc2cc(C(=O)N[C@H]3CC[C@@H](N(C)C)CC3)cc(C(F)(F)F)c2)c(F)c1. The van der Waals surface area contributed by atoms with E-state index in [4.69, 9.17) is 4.74 Å². The number of rotatable bonds is 9. The average Bonchev–Trinajstić information content (AvgIpc) is 2.94. The van der Waals surface area contributed by atoms with Gasteiger partial charge in [0.2, 0.25) is 5.91 Å². The van der Waals surface area contributed by atoms with Gasteiger partial charge >= 0.3 is 6.18 Å². The molecule has 4 rings (SSSR count). The number of alkyl halides is 3. The number of ether oxygens (including phenoxy) is 1. The highest BCUT2D eigenvalue weighted by Gasteiger charge is 2.32. The second kappa shape index (κ2) is 13.4. The molecule has 1 saturated carbocycles. The molecule has 1 fully saturated rings. The number of nitrogens with one attached hydrogen (secondary N) is 3. The monoisotopic (exact) mass is 602 g/mol. The van der Waals surface area contributed by atoms with Crippen molar-refractivity contribution in [3.05, 3.63) is 81.5 Å². The lowest BCUT2D eigenvalue weighted by atomic mass is 9.90. The first-order chi connectivity index (χ1) is 20.3. The fourth-order valence-corrected chi connectivity index (χ4v) is 5.19. The molecule has 2 aromatic carbocycles. The zero-order valence-electron chi connectivity index (χ0n) is 24.1. The summed E-state index contributed by atoms with van der Waals surface area (Å²) in [4.78, 5) is 42.0. The minimum atomic E-state index is -4.76. The van der Waals surface area contributed by atoms with Gasteiger partial charge in [0.05, 0.1) is 18.6 Å². The first-order valence-corrected chi connectivity index (χ1v) is 14.0. The summed E-state index contributed by atoms with van der Waals surface area (Å²) in [6, 6.07) is 8.24. The quantitative estimate of drug-likeness (QED) is 0.286. The van der Waals surface area contributed by atoms with E-state index < -0.39 is 35.8 Å². The van der Waals surface area contributed by atoms with Crippen molar-refractivity contribution >= 4 is 17.5 Å². The van der Waals surface area contributed by atoms with Crippen molar-refractivity contribution in [1.82, 2.24) is 15.2 Å². The number of anilines is 1. The molecule has 8 nitrogen and oxygen atoms in total. The van der Waals surface area contributed by atoms with Crippen LogP contribution in [0.5, 0.6) is 5.75 Å². The smallest absolute Gasteiger partial charge is 0.416 e. The molecule has 0 radical (unpaired) electrons. The topological polar surface area (TPSA) is 104 Å². The summed E-state index contributed by atoms with van der Waals surface area (Å²) in [5.41, 5.74) is -1.10. The molecule has 0 aliphatic heterocycles. The molecule has 0 saturated heterocycles. The second-order valence-electron chi connectivity index (χ2n) is 10.8. The Balaban J connectivity index is 1.48. The Morgan fingerprint density at radius 1 is 1.05 bits per heavy atom. The van der Waals surface area contributed by atoms with Gasteiger partial charge in [-0.2, -0.15) is 13.2 Å². The Labute approximate surface area is 246 Å². The molecular formula is C31H34F4N4O4. The number of benzene rings is 2. The van der Waals surface area contributed by atoms with E-state index in [9.17, 15) is 27.6 Å². The summed E-state index contributed by atoms with van der Waals surface area (Å²) < 4.78 is 61.5. The summed E-state index contributed by atoms with van der Waals surface area (Å²) in [7, 11) is 3.97. The van der Waals surface area contributed by atoms with Gasteiger partial charge in [-0.15, -0.1) is 0 Å². The minimum absolute atomic E-state index is 0.00176. The van der Waals surface area contributed by atoms with Crippen LogP contribution in [0.4, 0.5) is 23.2 Å². The van der Waals surface area contributed by atoms with E-state index in [2.05, 4.69) is 20.5 Å². The van der Waals surface area contributed by atoms with E-state index in [1.165, 1.54) is 30.5 Å². The summed E-state index contributed by atoms with van der Waals surface area (Å²) in [5.74, 6) is -1.89. The Kier molecular flexibility index (Phi) is 9.90. The zero-order chi connectivity index (χ0) is 31.3. The summed E-state index contributed by atoms with van der Waals surface area (Å²) >= 11 is 0. The number of hydrogen-bond acceptors (Lipinski definition) is 5. The van der Waals surface area contributed by atoms with Gasteiger partial charge in [0.1, 0.15) is 11.6 Å². The first-order valence-electron chi connectivity index (χ1n) is 14.0. The number of pyridine rings is 1. The van der Waals surface area contributed by atoms with Crippen molar-refractivity contribution in [3.8, 4) is 16.9 Å². The van der Waals surface area contributed by atoms with Gasteiger partial charge in [-0.25, -0.2) is 4.39 Å². The highest BCUT2D eigenvalue weighted by molar-refractivity contribution is 5.98. The number of nitrogens with zero attached hydrogens (tertiary/aromatic N) is 1. The van der Waals surface area contributed by atoms with E-state index in [0.29, 0.717) is 30.0 Å². The normalized spacial score (nSPS) is 17.0. The molecule has 230 valence electrons. The molecule has 12 heteroatoms. The predicted molar refractivity (Wildman–Crippen MR) is 155 cm³/mol. The number of amides is 2. The lowest BCUT2D eigenvalue weighted by Crippen LogP contribution is -2.41. The van der Waals surface area contributed by atoms with Crippen LogP contribution in [0.15, 0.2) is 53.5 Å². The van der Waals surface area contributed by atoms with Gasteiger partial charge in [-0.1, -0.05) is 12.1 Å². The highest BCUT2D eigenvalue weighted by atomic mass is 19.4. The van der Waals surface area contributed by atoms with Gasteiger partial charge in [0, 0.05) is 41.2 Å². The molecule has 43 heavy (non-hydrogen) atoms.